The molecule has 1 N–H and O–H groups in total. The van der Waals surface area contributed by atoms with E-state index in [0.29, 0.717) is 12.7 Å². The van der Waals surface area contributed by atoms with Crippen LogP contribution < -0.4 is 0 Å². The maximum Gasteiger partial charge on any atom is 0.0622 e. The van der Waals surface area contributed by atoms with Crippen LogP contribution in [0.25, 0.3) is 0 Å². The van der Waals surface area contributed by atoms with E-state index in [9.17, 15) is 0 Å². The van der Waals surface area contributed by atoms with Crippen LogP contribution in [-0.4, -0.2) is 24.4 Å². The number of hydrogen-bond acceptors (Lipinski definition) is 2. The van der Waals surface area contributed by atoms with Crippen LogP contribution in [-0.2, 0) is 4.74 Å². The van der Waals surface area contributed by atoms with E-state index < -0.39 is 0 Å². The first-order valence-corrected chi connectivity index (χ1v) is 4.07. The van der Waals surface area contributed by atoms with Gasteiger partial charge in [0.2, 0.25) is 0 Å². The van der Waals surface area contributed by atoms with Crippen LogP contribution in [0.4, 0.5) is 0 Å². The summed E-state index contributed by atoms with van der Waals surface area (Å²) in [5.74, 6) is 0.749. The van der Waals surface area contributed by atoms with Crippen molar-refractivity contribution in [3.05, 3.63) is 0 Å². The molecule has 0 aromatic rings. The Labute approximate surface area is 62.2 Å². The van der Waals surface area contributed by atoms with E-state index in [4.69, 9.17) is 9.84 Å². The van der Waals surface area contributed by atoms with Gasteiger partial charge in [0.25, 0.3) is 0 Å². The number of ether oxygens (including phenoxy) is 1. The van der Waals surface area contributed by atoms with Crippen molar-refractivity contribution in [1.82, 2.24) is 0 Å². The van der Waals surface area contributed by atoms with Gasteiger partial charge in [0, 0.05) is 12.5 Å². The summed E-state index contributed by atoms with van der Waals surface area (Å²) in [6.07, 6.45) is 3.64. The smallest absolute Gasteiger partial charge is 0.0622 e. The van der Waals surface area contributed by atoms with Crippen molar-refractivity contribution in [2.75, 3.05) is 13.2 Å². The van der Waals surface area contributed by atoms with Crippen molar-refractivity contribution in [3.63, 3.8) is 0 Å². The lowest BCUT2D eigenvalue weighted by molar-refractivity contribution is -0.110. The Bertz CT molecular complexity index is 93.3. The van der Waals surface area contributed by atoms with Crippen molar-refractivity contribution in [3.8, 4) is 0 Å². The first kappa shape index (κ1) is 8.02. The number of hydrogen-bond donors (Lipinski definition) is 1. The van der Waals surface area contributed by atoms with Crippen LogP contribution >= 0.6 is 0 Å². The lowest BCUT2D eigenvalue weighted by Crippen LogP contribution is -2.37. The molecule has 1 fully saturated rings. The molecule has 0 radical (unpaired) electrons. The van der Waals surface area contributed by atoms with Gasteiger partial charge in [0.15, 0.2) is 0 Å². The van der Waals surface area contributed by atoms with Crippen LogP contribution in [0.15, 0.2) is 0 Å². The summed E-state index contributed by atoms with van der Waals surface area (Å²) in [6, 6.07) is 0. The molecule has 1 heterocycles. The standard InChI is InChI=1S/C8H16O2/c1-7-6-10-8(7)4-2-3-5-9/h7-9H,2-6H2,1H3/t7-,8-/m0/s1. The van der Waals surface area contributed by atoms with Crippen LogP contribution in [0.5, 0.6) is 0 Å². The monoisotopic (exact) mass is 144 g/mol. The fourth-order valence-corrected chi connectivity index (χ4v) is 1.25. The average molecular weight is 144 g/mol. The second-order valence-electron chi connectivity index (χ2n) is 3.07. The summed E-state index contributed by atoms with van der Waals surface area (Å²) < 4.78 is 5.31. The average Bonchev–Trinajstić information content (AvgIpc) is 1.95. The number of rotatable bonds is 4. The molecule has 2 atom stereocenters. The molecule has 0 aliphatic carbocycles. The van der Waals surface area contributed by atoms with Crippen molar-refractivity contribution in [2.45, 2.75) is 32.3 Å². The minimum Gasteiger partial charge on any atom is -0.396 e. The van der Waals surface area contributed by atoms with E-state index in [-0.39, 0.29) is 0 Å². The van der Waals surface area contributed by atoms with Gasteiger partial charge in [0.1, 0.15) is 0 Å². The molecule has 0 saturated carbocycles. The fourth-order valence-electron chi connectivity index (χ4n) is 1.25. The molecule has 2 nitrogen and oxygen atoms in total. The maximum absolute atomic E-state index is 8.49. The molecular weight excluding hydrogens is 128 g/mol. The Morgan fingerprint density at radius 2 is 2.30 bits per heavy atom. The normalized spacial score (nSPS) is 31.8. The summed E-state index contributed by atoms with van der Waals surface area (Å²) >= 11 is 0. The third kappa shape index (κ3) is 1.96. The quantitative estimate of drug-likeness (QED) is 0.600. The van der Waals surface area contributed by atoms with Gasteiger partial charge >= 0.3 is 0 Å². The van der Waals surface area contributed by atoms with Gasteiger partial charge in [0.05, 0.1) is 12.7 Å². The van der Waals surface area contributed by atoms with Crippen LogP contribution in [0.2, 0.25) is 0 Å². The predicted octanol–water partition coefficient (Wildman–Crippen LogP) is 1.18. The molecule has 0 aromatic heterocycles. The maximum atomic E-state index is 8.49. The Morgan fingerprint density at radius 3 is 2.70 bits per heavy atom. The van der Waals surface area contributed by atoms with Crippen molar-refractivity contribution in [1.29, 1.82) is 0 Å². The van der Waals surface area contributed by atoms with E-state index in [1.165, 1.54) is 0 Å². The number of aliphatic hydroxyl groups excluding tert-OH is 1. The van der Waals surface area contributed by atoms with Crippen molar-refractivity contribution in [2.24, 2.45) is 5.92 Å². The van der Waals surface area contributed by atoms with Gasteiger partial charge in [-0.2, -0.15) is 0 Å². The van der Waals surface area contributed by atoms with E-state index in [0.717, 1.165) is 31.8 Å². The summed E-state index contributed by atoms with van der Waals surface area (Å²) in [6.45, 7) is 3.47. The molecule has 0 bridgehead atoms. The van der Waals surface area contributed by atoms with Gasteiger partial charge < -0.3 is 9.84 Å². The van der Waals surface area contributed by atoms with E-state index in [2.05, 4.69) is 6.92 Å². The molecule has 10 heavy (non-hydrogen) atoms. The minimum atomic E-state index is 0.321. The topological polar surface area (TPSA) is 29.5 Å². The van der Waals surface area contributed by atoms with Gasteiger partial charge in [-0.3, -0.25) is 0 Å². The first-order chi connectivity index (χ1) is 4.84. The van der Waals surface area contributed by atoms with Crippen LogP contribution in [0.3, 0.4) is 0 Å². The van der Waals surface area contributed by atoms with Crippen molar-refractivity contribution < 1.29 is 9.84 Å². The highest BCUT2D eigenvalue weighted by atomic mass is 16.5. The van der Waals surface area contributed by atoms with Crippen LogP contribution in [0.1, 0.15) is 26.2 Å². The third-order valence-electron chi connectivity index (χ3n) is 2.10. The molecule has 60 valence electrons. The number of unbranched alkanes of at least 4 members (excludes halogenated alkanes) is 1. The van der Waals surface area contributed by atoms with Gasteiger partial charge in [-0.25, -0.2) is 0 Å². The molecule has 0 aromatic carbocycles. The molecule has 1 aliphatic heterocycles. The zero-order chi connectivity index (χ0) is 7.40. The molecule has 0 amide bonds. The molecule has 1 saturated heterocycles. The SMILES string of the molecule is C[C@H]1CO[C@H]1CCCCO. The third-order valence-corrected chi connectivity index (χ3v) is 2.10. The zero-order valence-electron chi connectivity index (χ0n) is 6.55. The van der Waals surface area contributed by atoms with Gasteiger partial charge in [-0.15, -0.1) is 0 Å². The summed E-state index contributed by atoms with van der Waals surface area (Å²) in [5.41, 5.74) is 0. The van der Waals surface area contributed by atoms with E-state index in [1.54, 1.807) is 0 Å². The van der Waals surface area contributed by atoms with Gasteiger partial charge in [-0.1, -0.05) is 6.92 Å². The zero-order valence-corrected chi connectivity index (χ0v) is 6.55. The lowest BCUT2D eigenvalue weighted by atomic mass is 9.95. The van der Waals surface area contributed by atoms with Crippen LogP contribution in [0, 0.1) is 5.92 Å². The van der Waals surface area contributed by atoms with E-state index in [1.807, 2.05) is 0 Å². The highest BCUT2D eigenvalue weighted by Crippen LogP contribution is 2.23. The first-order valence-electron chi connectivity index (χ1n) is 4.07. The predicted molar refractivity (Wildman–Crippen MR) is 39.8 cm³/mol. The Balaban J connectivity index is 1.92. The molecule has 0 unspecified atom stereocenters. The summed E-state index contributed by atoms with van der Waals surface area (Å²) in [4.78, 5) is 0. The largest absolute Gasteiger partial charge is 0.396 e. The second kappa shape index (κ2) is 3.94. The summed E-state index contributed by atoms with van der Waals surface area (Å²) in [5, 5.41) is 8.49. The van der Waals surface area contributed by atoms with Gasteiger partial charge in [-0.05, 0) is 19.3 Å². The number of aliphatic hydroxyl groups is 1. The van der Waals surface area contributed by atoms with Crippen molar-refractivity contribution >= 4 is 0 Å². The Hall–Kier alpha value is -0.0800. The lowest BCUT2D eigenvalue weighted by Gasteiger charge is -2.34. The molecule has 0 spiro atoms. The molecule has 2 heteroatoms. The molecule has 1 rings (SSSR count). The minimum absolute atomic E-state index is 0.321. The summed E-state index contributed by atoms with van der Waals surface area (Å²) in [7, 11) is 0. The highest BCUT2D eigenvalue weighted by molar-refractivity contribution is 4.74. The highest BCUT2D eigenvalue weighted by Gasteiger charge is 2.26. The molecule has 1 aliphatic rings. The second-order valence-corrected chi connectivity index (χ2v) is 3.07. The Morgan fingerprint density at radius 1 is 1.50 bits per heavy atom. The fraction of sp³-hybridized carbons (Fsp3) is 1.00. The molecular formula is C8H16O2. The van der Waals surface area contributed by atoms with E-state index >= 15 is 0 Å². The Kier molecular flexibility index (Phi) is 3.16.